The number of ether oxygens (including phenoxy) is 4. The number of rotatable bonds is 2. The molecule has 0 saturated heterocycles. The molecule has 0 aliphatic carbocycles. The molecule has 8 nitrogen and oxygen atoms in total. The van der Waals surface area contributed by atoms with E-state index < -0.39 is 0 Å². The smallest absolute Gasteiger partial charge is 0.234 e. The molecule has 2 aromatic carbocycles. The SMILES string of the molecule is c1ccc2c(c1)OC[C@H](c1nn3c([C@H]4COc5ccccc5O4)nnc3s1)O2. The molecule has 6 rings (SSSR count). The summed E-state index contributed by atoms with van der Waals surface area (Å²) in [6, 6.07) is 15.2. The predicted octanol–water partition coefficient (Wildman–Crippen LogP) is 3.21. The van der Waals surface area contributed by atoms with Gasteiger partial charge in [0.15, 0.2) is 46.0 Å². The van der Waals surface area contributed by atoms with Gasteiger partial charge in [0.1, 0.15) is 13.2 Å². The van der Waals surface area contributed by atoms with E-state index in [0.717, 1.165) is 16.5 Å². The largest absolute Gasteiger partial charge is 0.485 e. The van der Waals surface area contributed by atoms with Crippen LogP contribution in [0.5, 0.6) is 23.0 Å². The lowest BCUT2D eigenvalue weighted by Crippen LogP contribution is -2.24. The fourth-order valence-electron chi connectivity index (χ4n) is 3.27. The van der Waals surface area contributed by atoms with E-state index in [0.29, 0.717) is 35.5 Å². The third-order valence-corrected chi connectivity index (χ3v) is 5.60. The highest BCUT2D eigenvalue weighted by atomic mass is 32.1. The van der Waals surface area contributed by atoms with E-state index >= 15 is 0 Å². The Morgan fingerprint density at radius 3 is 2.11 bits per heavy atom. The van der Waals surface area contributed by atoms with Gasteiger partial charge in [-0.05, 0) is 24.3 Å². The summed E-state index contributed by atoms with van der Waals surface area (Å²) in [5.74, 6) is 3.47. The van der Waals surface area contributed by atoms with Gasteiger partial charge in [0.2, 0.25) is 4.96 Å². The van der Waals surface area contributed by atoms with Gasteiger partial charge >= 0.3 is 0 Å². The Bertz CT molecular complexity index is 1170. The lowest BCUT2D eigenvalue weighted by atomic mass is 10.2. The molecule has 0 bridgehead atoms. The second-order valence-electron chi connectivity index (χ2n) is 6.42. The molecule has 9 heteroatoms. The second-order valence-corrected chi connectivity index (χ2v) is 7.41. The lowest BCUT2D eigenvalue weighted by molar-refractivity contribution is 0.0821. The fourth-order valence-corrected chi connectivity index (χ4v) is 4.13. The third kappa shape index (κ3) is 2.47. The second kappa shape index (κ2) is 6.10. The van der Waals surface area contributed by atoms with Crippen LogP contribution in [0.1, 0.15) is 23.0 Å². The van der Waals surface area contributed by atoms with Gasteiger partial charge in [0, 0.05) is 0 Å². The summed E-state index contributed by atoms with van der Waals surface area (Å²) >= 11 is 1.43. The Hall–Kier alpha value is -3.33. The van der Waals surface area contributed by atoms with Crippen molar-refractivity contribution in [3.63, 3.8) is 0 Å². The molecule has 2 aliphatic rings. The molecule has 0 N–H and O–H groups in total. The molecule has 0 amide bonds. The number of benzene rings is 2. The molecular formula is C19H14N4O4S. The van der Waals surface area contributed by atoms with Gasteiger partial charge in [0.05, 0.1) is 0 Å². The Morgan fingerprint density at radius 1 is 0.786 bits per heavy atom. The first-order valence-corrected chi connectivity index (χ1v) is 9.66. The van der Waals surface area contributed by atoms with E-state index in [9.17, 15) is 0 Å². The summed E-state index contributed by atoms with van der Waals surface area (Å²) < 4.78 is 25.4. The summed E-state index contributed by atoms with van der Waals surface area (Å²) in [5.41, 5.74) is 0. The normalized spacial score (nSPS) is 20.3. The molecule has 0 spiro atoms. The highest BCUT2D eigenvalue weighted by Crippen LogP contribution is 2.38. The standard InChI is InChI=1S/C19H14N4O4S/c1-3-7-13-11(5-1)24-9-15(26-13)17-20-21-19-23(17)22-18(28-19)16-10-25-12-6-2-4-8-14(12)27-16/h1-8,15-16H,9-10H2/t15-,16-/m1/s1. The average molecular weight is 394 g/mol. The van der Waals surface area contributed by atoms with E-state index in [-0.39, 0.29) is 12.2 Å². The van der Waals surface area contributed by atoms with Crippen molar-refractivity contribution in [1.82, 2.24) is 19.8 Å². The highest BCUT2D eigenvalue weighted by molar-refractivity contribution is 7.16. The van der Waals surface area contributed by atoms with Gasteiger partial charge in [0.25, 0.3) is 0 Å². The van der Waals surface area contributed by atoms with Crippen molar-refractivity contribution in [2.75, 3.05) is 13.2 Å². The molecule has 4 heterocycles. The van der Waals surface area contributed by atoms with Gasteiger partial charge < -0.3 is 18.9 Å². The van der Waals surface area contributed by atoms with E-state index in [1.807, 2.05) is 48.5 Å². The summed E-state index contributed by atoms with van der Waals surface area (Å²) in [4.78, 5) is 0.676. The number of hydrogen-bond acceptors (Lipinski definition) is 8. The number of para-hydroxylation sites is 4. The Balaban J connectivity index is 1.30. The number of hydrogen-bond donors (Lipinski definition) is 0. The van der Waals surface area contributed by atoms with Crippen molar-refractivity contribution in [2.24, 2.45) is 0 Å². The van der Waals surface area contributed by atoms with Gasteiger partial charge in [-0.2, -0.15) is 9.61 Å². The third-order valence-electron chi connectivity index (χ3n) is 4.61. The fraction of sp³-hybridized carbons (Fsp3) is 0.211. The first-order chi connectivity index (χ1) is 13.8. The lowest BCUT2D eigenvalue weighted by Gasteiger charge is -2.25. The molecule has 2 aliphatic heterocycles. The van der Waals surface area contributed by atoms with Gasteiger partial charge in [-0.15, -0.1) is 10.2 Å². The van der Waals surface area contributed by atoms with Crippen LogP contribution in [0.3, 0.4) is 0 Å². The number of fused-ring (bicyclic) bond motifs is 3. The summed E-state index contributed by atoms with van der Waals surface area (Å²) in [5, 5.41) is 14.0. The molecule has 2 atom stereocenters. The molecule has 2 aromatic heterocycles. The zero-order valence-electron chi connectivity index (χ0n) is 14.5. The van der Waals surface area contributed by atoms with Crippen LogP contribution in [0, 0.1) is 0 Å². The van der Waals surface area contributed by atoms with Crippen molar-refractivity contribution in [2.45, 2.75) is 12.2 Å². The number of aromatic nitrogens is 4. The van der Waals surface area contributed by atoms with Crippen molar-refractivity contribution >= 4 is 16.3 Å². The van der Waals surface area contributed by atoms with Crippen LogP contribution in [0.4, 0.5) is 0 Å². The predicted molar refractivity (Wildman–Crippen MR) is 99.3 cm³/mol. The minimum absolute atomic E-state index is 0.293. The molecular weight excluding hydrogens is 380 g/mol. The average Bonchev–Trinajstić information content (AvgIpc) is 3.34. The van der Waals surface area contributed by atoms with Crippen LogP contribution in [-0.4, -0.2) is 33.0 Å². The van der Waals surface area contributed by atoms with Crippen molar-refractivity contribution in [1.29, 1.82) is 0 Å². The Kier molecular flexibility index (Phi) is 3.42. The van der Waals surface area contributed by atoms with Crippen LogP contribution < -0.4 is 18.9 Å². The zero-order chi connectivity index (χ0) is 18.5. The van der Waals surface area contributed by atoms with E-state index in [2.05, 4.69) is 15.3 Å². The van der Waals surface area contributed by atoms with Gasteiger partial charge in [-0.1, -0.05) is 35.6 Å². The Morgan fingerprint density at radius 2 is 1.39 bits per heavy atom. The highest BCUT2D eigenvalue weighted by Gasteiger charge is 2.31. The number of nitrogens with zero attached hydrogens (tertiary/aromatic N) is 4. The van der Waals surface area contributed by atoms with Crippen molar-refractivity contribution in [3.8, 4) is 23.0 Å². The summed E-state index contributed by atoms with van der Waals surface area (Å²) in [6.07, 6.45) is -0.678. The monoisotopic (exact) mass is 394 g/mol. The van der Waals surface area contributed by atoms with Crippen molar-refractivity contribution in [3.05, 3.63) is 59.4 Å². The molecule has 4 aromatic rings. The van der Waals surface area contributed by atoms with Gasteiger partial charge in [-0.3, -0.25) is 0 Å². The summed E-state index contributed by atoms with van der Waals surface area (Å²) in [7, 11) is 0. The topological polar surface area (TPSA) is 80.0 Å². The molecule has 0 unspecified atom stereocenters. The quantitative estimate of drug-likeness (QED) is 0.516. The van der Waals surface area contributed by atoms with Crippen LogP contribution in [0.2, 0.25) is 0 Å². The molecule has 0 radical (unpaired) electrons. The zero-order valence-corrected chi connectivity index (χ0v) is 15.3. The maximum atomic E-state index is 6.05. The van der Waals surface area contributed by atoms with Crippen LogP contribution in [0.15, 0.2) is 48.5 Å². The molecule has 0 fully saturated rings. The van der Waals surface area contributed by atoms with E-state index in [4.69, 9.17) is 18.9 Å². The van der Waals surface area contributed by atoms with Crippen LogP contribution in [-0.2, 0) is 0 Å². The van der Waals surface area contributed by atoms with Crippen LogP contribution >= 0.6 is 11.3 Å². The van der Waals surface area contributed by atoms with E-state index in [1.54, 1.807) is 4.52 Å². The molecule has 28 heavy (non-hydrogen) atoms. The van der Waals surface area contributed by atoms with Crippen LogP contribution in [0.25, 0.3) is 4.96 Å². The molecule has 0 saturated carbocycles. The Labute approximate surface area is 163 Å². The first kappa shape index (κ1) is 15.7. The van der Waals surface area contributed by atoms with Crippen molar-refractivity contribution < 1.29 is 18.9 Å². The first-order valence-electron chi connectivity index (χ1n) is 8.84. The molecule has 140 valence electrons. The van der Waals surface area contributed by atoms with E-state index in [1.165, 1.54) is 11.3 Å². The summed E-state index contributed by atoms with van der Waals surface area (Å²) in [6.45, 7) is 0.744. The van der Waals surface area contributed by atoms with Gasteiger partial charge in [-0.25, -0.2) is 0 Å². The maximum Gasteiger partial charge on any atom is 0.234 e. The maximum absolute atomic E-state index is 6.05. The minimum Gasteiger partial charge on any atom is -0.485 e. The minimum atomic E-state index is -0.385.